The van der Waals surface area contributed by atoms with Gasteiger partial charge in [0.2, 0.25) is 10.0 Å². The Morgan fingerprint density at radius 3 is 2.16 bits per heavy atom. The molecule has 0 bridgehead atoms. The topological polar surface area (TPSA) is 55.8 Å². The fourth-order valence-corrected chi connectivity index (χ4v) is 4.78. The van der Waals surface area contributed by atoms with E-state index in [2.05, 4.69) is 6.07 Å². The first-order chi connectivity index (χ1) is 12.1. The summed E-state index contributed by atoms with van der Waals surface area (Å²) in [5.41, 5.74) is 1.16. The average Bonchev–Trinajstić information content (AvgIpc) is 2.68. The molecular weight excluding hydrogens is 338 g/mol. The van der Waals surface area contributed by atoms with Crippen molar-refractivity contribution in [2.45, 2.75) is 23.7 Å². The molecule has 0 aromatic heterocycles. The zero-order chi connectivity index (χ0) is 17.9. The summed E-state index contributed by atoms with van der Waals surface area (Å²) in [7, 11) is -0.231. The summed E-state index contributed by atoms with van der Waals surface area (Å²) >= 11 is 0. The van der Waals surface area contributed by atoms with Gasteiger partial charge in [-0.05, 0) is 54.7 Å². The molecule has 2 aromatic rings. The fourth-order valence-electron chi connectivity index (χ4n) is 3.31. The van der Waals surface area contributed by atoms with Crippen LogP contribution in [0, 0.1) is 0 Å². The number of ether oxygens (including phenoxy) is 2. The van der Waals surface area contributed by atoms with Gasteiger partial charge in [-0.1, -0.05) is 18.2 Å². The number of piperidine rings is 1. The lowest BCUT2D eigenvalue weighted by Crippen LogP contribution is -2.37. The lowest BCUT2D eigenvalue weighted by Gasteiger charge is -2.32. The number of methoxy groups -OCH3 is 2. The molecule has 0 amide bonds. The number of sulfonamides is 1. The molecule has 25 heavy (non-hydrogen) atoms. The molecule has 0 spiro atoms. The van der Waals surface area contributed by atoms with E-state index in [0.717, 1.165) is 24.2 Å². The third-order valence-electron chi connectivity index (χ3n) is 4.73. The first kappa shape index (κ1) is 17.8. The highest BCUT2D eigenvalue weighted by Crippen LogP contribution is 2.35. The van der Waals surface area contributed by atoms with Crippen molar-refractivity contribution in [3.63, 3.8) is 0 Å². The maximum atomic E-state index is 12.8. The predicted octanol–water partition coefficient (Wildman–Crippen LogP) is 3.27. The van der Waals surface area contributed by atoms with Crippen molar-refractivity contribution in [2.24, 2.45) is 0 Å². The van der Waals surface area contributed by atoms with Crippen molar-refractivity contribution in [2.75, 3.05) is 27.3 Å². The van der Waals surface area contributed by atoms with Crippen molar-refractivity contribution in [1.29, 1.82) is 0 Å². The van der Waals surface area contributed by atoms with Gasteiger partial charge in [0.25, 0.3) is 0 Å². The van der Waals surface area contributed by atoms with Gasteiger partial charge in [0.05, 0.1) is 19.1 Å². The highest BCUT2D eigenvalue weighted by Gasteiger charge is 2.30. The molecule has 5 nitrogen and oxygen atoms in total. The summed E-state index contributed by atoms with van der Waals surface area (Å²) in [4.78, 5) is 0.309. The highest BCUT2D eigenvalue weighted by molar-refractivity contribution is 7.89. The van der Waals surface area contributed by atoms with Gasteiger partial charge in [-0.3, -0.25) is 0 Å². The Kier molecular flexibility index (Phi) is 5.30. The SMILES string of the molecule is COc1ccc(S(=O)(=O)N2CCC(c3ccccc3OC)CC2)cc1. The molecule has 1 aliphatic rings. The molecule has 1 fully saturated rings. The molecule has 0 radical (unpaired) electrons. The number of nitrogens with zero attached hydrogens (tertiary/aromatic N) is 1. The molecular formula is C19H23NO4S. The number of benzene rings is 2. The molecule has 0 saturated carbocycles. The Balaban J connectivity index is 1.72. The molecule has 0 unspecified atom stereocenters. The van der Waals surface area contributed by atoms with Gasteiger partial charge in [-0.15, -0.1) is 0 Å². The van der Waals surface area contributed by atoms with Gasteiger partial charge >= 0.3 is 0 Å². The van der Waals surface area contributed by atoms with E-state index in [9.17, 15) is 8.42 Å². The van der Waals surface area contributed by atoms with E-state index in [1.807, 2.05) is 18.2 Å². The predicted molar refractivity (Wildman–Crippen MR) is 96.7 cm³/mol. The van der Waals surface area contributed by atoms with Crippen LogP contribution in [0.25, 0.3) is 0 Å². The van der Waals surface area contributed by atoms with Crippen molar-refractivity contribution in [3.8, 4) is 11.5 Å². The third kappa shape index (κ3) is 3.65. The quantitative estimate of drug-likeness (QED) is 0.820. The summed E-state index contributed by atoms with van der Waals surface area (Å²) < 4.78 is 37.7. The second kappa shape index (κ2) is 7.45. The van der Waals surface area contributed by atoms with Crippen LogP contribution in [0.1, 0.15) is 24.3 Å². The smallest absolute Gasteiger partial charge is 0.243 e. The summed E-state index contributed by atoms with van der Waals surface area (Å²) in [6.07, 6.45) is 1.57. The lowest BCUT2D eigenvalue weighted by molar-refractivity contribution is 0.313. The number of para-hydroxylation sites is 1. The first-order valence-electron chi connectivity index (χ1n) is 8.33. The molecule has 3 rings (SSSR count). The number of hydrogen-bond acceptors (Lipinski definition) is 4. The van der Waals surface area contributed by atoms with Crippen LogP contribution in [-0.2, 0) is 10.0 Å². The molecule has 0 N–H and O–H groups in total. The molecule has 1 aliphatic heterocycles. The van der Waals surface area contributed by atoms with Crippen molar-refractivity contribution < 1.29 is 17.9 Å². The summed E-state index contributed by atoms with van der Waals surface area (Å²) in [6, 6.07) is 14.5. The molecule has 2 aromatic carbocycles. The monoisotopic (exact) mass is 361 g/mol. The van der Waals surface area contributed by atoms with Crippen LogP contribution in [0.2, 0.25) is 0 Å². The van der Waals surface area contributed by atoms with Gasteiger partial charge in [0, 0.05) is 13.1 Å². The molecule has 134 valence electrons. The van der Waals surface area contributed by atoms with E-state index < -0.39 is 10.0 Å². The van der Waals surface area contributed by atoms with E-state index in [1.165, 1.54) is 0 Å². The van der Waals surface area contributed by atoms with Gasteiger partial charge in [0.15, 0.2) is 0 Å². The van der Waals surface area contributed by atoms with E-state index in [0.29, 0.717) is 29.7 Å². The molecule has 0 atom stereocenters. The molecule has 1 heterocycles. The zero-order valence-corrected chi connectivity index (χ0v) is 15.3. The Hall–Kier alpha value is -2.05. The van der Waals surface area contributed by atoms with E-state index in [-0.39, 0.29) is 0 Å². The molecule has 0 aliphatic carbocycles. The maximum Gasteiger partial charge on any atom is 0.243 e. The largest absolute Gasteiger partial charge is 0.497 e. The van der Waals surface area contributed by atoms with Crippen LogP contribution in [0.15, 0.2) is 53.4 Å². The first-order valence-corrected chi connectivity index (χ1v) is 9.77. The minimum absolute atomic E-state index is 0.309. The van der Waals surface area contributed by atoms with Crippen LogP contribution in [0.3, 0.4) is 0 Å². The van der Waals surface area contributed by atoms with E-state index in [4.69, 9.17) is 9.47 Å². The lowest BCUT2D eigenvalue weighted by atomic mass is 9.89. The fraction of sp³-hybridized carbons (Fsp3) is 0.368. The van der Waals surface area contributed by atoms with Crippen LogP contribution in [0.5, 0.6) is 11.5 Å². The van der Waals surface area contributed by atoms with Crippen molar-refractivity contribution in [3.05, 3.63) is 54.1 Å². The highest BCUT2D eigenvalue weighted by atomic mass is 32.2. The third-order valence-corrected chi connectivity index (χ3v) is 6.64. The number of rotatable bonds is 5. The van der Waals surface area contributed by atoms with E-state index in [1.54, 1.807) is 42.8 Å². The Bertz CT molecular complexity index is 810. The van der Waals surface area contributed by atoms with Gasteiger partial charge in [-0.25, -0.2) is 8.42 Å². The minimum atomic E-state index is -3.46. The Morgan fingerprint density at radius 2 is 1.56 bits per heavy atom. The summed E-state index contributed by atoms with van der Waals surface area (Å²) in [6.45, 7) is 1.02. The standard InChI is InChI=1S/C19H23NO4S/c1-23-16-7-9-17(10-8-16)25(21,22)20-13-11-15(12-14-20)18-5-3-4-6-19(18)24-2/h3-10,15H,11-14H2,1-2H3. The average molecular weight is 361 g/mol. The molecule has 6 heteroatoms. The Morgan fingerprint density at radius 1 is 0.920 bits per heavy atom. The van der Waals surface area contributed by atoms with Crippen LogP contribution in [-0.4, -0.2) is 40.0 Å². The molecule has 1 saturated heterocycles. The second-order valence-corrected chi connectivity index (χ2v) is 8.03. The normalized spacial score (nSPS) is 16.6. The summed E-state index contributed by atoms with van der Waals surface area (Å²) in [5, 5.41) is 0. The van der Waals surface area contributed by atoms with Crippen LogP contribution in [0.4, 0.5) is 0 Å². The van der Waals surface area contributed by atoms with E-state index >= 15 is 0 Å². The van der Waals surface area contributed by atoms with Gasteiger partial charge in [-0.2, -0.15) is 4.31 Å². The van der Waals surface area contributed by atoms with Crippen LogP contribution >= 0.6 is 0 Å². The second-order valence-electron chi connectivity index (χ2n) is 6.10. The Labute approximate surface area is 149 Å². The summed E-state index contributed by atoms with van der Waals surface area (Å²) in [5.74, 6) is 1.84. The van der Waals surface area contributed by atoms with Crippen molar-refractivity contribution >= 4 is 10.0 Å². The van der Waals surface area contributed by atoms with Gasteiger partial charge < -0.3 is 9.47 Å². The zero-order valence-electron chi connectivity index (χ0n) is 14.5. The van der Waals surface area contributed by atoms with Gasteiger partial charge in [0.1, 0.15) is 11.5 Å². The number of hydrogen-bond donors (Lipinski definition) is 0. The maximum absolute atomic E-state index is 12.8. The minimum Gasteiger partial charge on any atom is -0.497 e. The van der Waals surface area contributed by atoms with Crippen molar-refractivity contribution in [1.82, 2.24) is 4.31 Å². The van der Waals surface area contributed by atoms with Crippen LogP contribution < -0.4 is 9.47 Å².